The maximum absolute atomic E-state index is 9.50. The van der Waals surface area contributed by atoms with Crippen molar-refractivity contribution in [1.82, 2.24) is 0 Å². The third-order valence-electron chi connectivity index (χ3n) is 0.533. The van der Waals surface area contributed by atoms with Gasteiger partial charge in [-0.15, -0.1) is 0 Å². The minimum Gasteiger partial charge on any atom is -0.550 e. The Hall–Kier alpha value is -0.566. The quantitative estimate of drug-likeness (QED) is 0.435. The van der Waals surface area contributed by atoms with Crippen molar-refractivity contribution in [3.05, 3.63) is 0 Å². The predicted molar refractivity (Wildman–Crippen MR) is 19.2 cm³/mol. The van der Waals surface area contributed by atoms with Crippen molar-refractivity contribution < 1.29 is 36.3 Å². The van der Waals surface area contributed by atoms with Gasteiger partial charge in [0.05, 0.1) is 0 Å². The fourth-order valence-electron chi connectivity index (χ4n) is 0.204. The molecule has 0 aromatic rings. The van der Waals surface area contributed by atoms with E-state index in [-0.39, 0.29) is 16.5 Å². The van der Waals surface area contributed by atoms with Crippen LogP contribution in [0.15, 0.2) is 0 Å². The summed E-state index contributed by atoms with van der Waals surface area (Å²) in [6.45, 7) is 0. The number of carbonyl (C=O) groups excluding carboxylic acids is 2. The van der Waals surface area contributed by atoms with E-state index in [4.69, 9.17) is 0 Å². The number of carboxylic acids is 2. The molecule has 0 atom stereocenters. The summed E-state index contributed by atoms with van der Waals surface area (Å²) in [5, 5.41) is 19.0. The number of carbonyl (C=O) groups is 2. The van der Waals surface area contributed by atoms with Crippen LogP contribution in [0.4, 0.5) is 0 Å². The summed E-state index contributed by atoms with van der Waals surface area (Å²) in [6, 6.07) is 0. The fourth-order valence-corrected chi connectivity index (χ4v) is 0.204. The van der Waals surface area contributed by atoms with E-state index >= 15 is 0 Å². The first-order valence-corrected chi connectivity index (χ1v) is 2.02. The molecule has 4 nitrogen and oxygen atoms in total. The Bertz CT molecular complexity index is 97.1. The molecule has 0 aromatic heterocycles. The van der Waals surface area contributed by atoms with Gasteiger partial charge in [0.1, 0.15) is 0 Å². The zero-order valence-corrected chi connectivity index (χ0v) is 5.35. The number of rotatable bonds is 3. The monoisotopic (exact) mass is 174 g/mol. The average molecular weight is 175 g/mol. The van der Waals surface area contributed by atoms with Gasteiger partial charge in [0.15, 0.2) is 0 Å². The van der Waals surface area contributed by atoms with E-state index < -0.39 is 24.8 Å². The molecule has 0 radical (unpaired) electrons. The zero-order chi connectivity index (χ0) is 6.57. The maximum Gasteiger partial charge on any atom is 2.00 e. The first-order chi connectivity index (χ1) is 3.63. The Morgan fingerprint density at radius 1 is 1.00 bits per heavy atom. The van der Waals surface area contributed by atoms with Gasteiger partial charge in [-0.2, -0.15) is 0 Å². The zero-order valence-electron chi connectivity index (χ0n) is 4.36. The predicted octanol–water partition coefficient (Wildman–Crippen LogP) is -2.74. The van der Waals surface area contributed by atoms with E-state index in [2.05, 4.69) is 0 Å². The second kappa shape index (κ2) is 5.57. The van der Waals surface area contributed by atoms with E-state index in [1.54, 1.807) is 0 Å². The summed E-state index contributed by atoms with van der Waals surface area (Å²) in [4.78, 5) is 19.0. The van der Waals surface area contributed by atoms with Crippen molar-refractivity contribution in [3.8, 4) is 0 Å². The minimum atomic E-state index is -1.37. The first kappa shape index (κ1) is 11.3. The third-order valence-corrected chi connectivity index (χ3v) is 0.533. The van der Waals surface area contributed by atoms with Crippen molar-refractivity contribution in [3.63, 3.8) is 0 Å². The van der Waals surface area contributed by atoms with Gasteiger partial charge in [-0.05, 0) is 12.8 Å². The summed E-state index contributed by atoms with van der Waals surface area (Å²) in [5.74, 6) is -2.73. The number of hydrogen-bond acceptors (Lipinski definition) is 4. The largest absolute Gasteiger partial charge is 2.00 e. The van der Waals surface area contributed by atoms with Gasteiger partial charge in [-0.25, -0.2) is 0 Å². The molecule has 5 heteroatoms. The molecule has 0 rings (SSSR count). The van der Waals surface area contributed by atoms with E-state index in [0.717, 1.165) is 0 Å². The molecule has 0 bridgehead atoms. The Kier molecular flexibility index (Phi) is 6.97. The van der Waals surface area contributed by atoms with Crippen LogP contribution < -0.4 is 10.2 Å². The van der Waals surface area contributed by atoms with Crippen LogP contribution in [0.1, 0.15) is 12.8 Å². The van der Waals surface area contributed by atoms with Crippen LogP contribution >= 0.6 is 0 Å². The Morgan fingerprint density at radius 3 is 1.33 bits per heavy atom. The normalized spacial score (nSPS) is 7.56. The second-order valence-electron chi connectivity index (χ2n) is 1.24. The molecule has 0 fully saturated rings. The van der Waals surface area contributed by atoms with E-state index in [9.17, 15) is 19.8 Å². The Balaban J connectivity index is 0. The van der Waals surface area contributed by atoms with Gasteiger partial charge in [-0.3, -0.25) is 0 Å². The van der Waals surface area contributed by atoms with E-state index in [0.29, 0.717) is 0 Å². The standard InChI is InChI=1S/C4H6O4.Ni/c5-3(6)1-2-4(7)8;/h1-2H2,(H,5,6)(H,7,8);/q;+2/p-2. The molecule has 0 aliphatic rings. The molecule has 0 N–H and O–H groups in total. The molecular weight excluding hydrogens is 171 g/mol. The molecule has 0 aliphatic carbocycles. The van der Waals surface area contributed by atoms with Crippen LogP contribution in [-0.4, -0.2) is 11.9 Å². The van der Waals surface area contributed by atoms with Crippen LogP contribution in [0.3, 0.4) is 0 Å². The fraction of sp³-hybridized carbons (Fsp3) is 0.500. The molecule has 0 saturated carbocycles. The molecule has 0 amide bonds. The van der Waals surface area contributed by atoms with Crippen molar-refractivity contribution >= 4 is 11.9 Å². The van der Waals surface area contributed by atoms with Gasteiger partial charge < -0.3 is 19.8 Å². The molecular formula is C4H4NiO4. The number of aliphatic carboxylic acids is 2. The summed E-state index contributed by atoms with van der Waals surface area (Å²) >= 11 is 0. The molecule has 9 heavy (non-hydrogen) atoms. The molecule has 0 spiro atoms. The molecule has 0 heterocycles. The van der Waals surface area contributed by atoms with E-state index in [1.165, 1.54) is 0 Å². The first-order valence-electron chi connectivity index (χ1n) is 2.02. The van der Waals surface area contributed by atoms with E-state index in [1.807, 2.05) is 0 Å². The topological polar surface area (TPSA) is 80.3 Å². The van der Waals surface area contributed by atoms with Gasteiger partial charge in [0.2, 0.25) is 0 Å². The Morgan fingerprint density at radius 2 is 1.22 bits per heavy atom. The van der Waals surface area contributed by atoms with Gasteiger partial charge in [-0.1, -0.05) is 0 Å². The molecule has 0 aromatic carbocycles. The summed E-state index contributed by atoms with van der Waals surface area (Å²) in [6.07, 6.45) is -0.940. The van der Waals surface area contributed by atoms with Crippen LogP contribution in [-0.2, 0) is 26.1 Å². The molecule has 0 unspecified atom stereocenters. The number of carboxylic acid groups (broad SMARTS) is 2. The van der Waals surface area contributed by atoms with Crippen LogP contribution in [0.2, 0.25) is 0 Å². The summed E-state index contributed by atoms with van der Waals surface area (Å²) in [5.41, 5.74) is 0. The van der Waals surface area contributed by atoms with Crippen LogP contribution in [0.5, 0.6) is 0 Å². The van der Waals surface area contributed by atoms with Crippen molar-refractivity contribution in [2.75, 3.05) is 0 Å². The van der Waals surface area contributed by atoms with Crippen molar-refractivity contribution in [2.45, 2.75) is 12.8 Å². The van der Waals surface area contributed by atoms with Gasteiger partial charge >= 0.3 is 16.5 Å². The summed E-state index contributed by atoms with van der Waals surface area (Å²) in [7, 11) is 0. The minimum absolute atomic E-state index is 0. The third kappa shape index (κ3) is 11.2. The number of hydrogen-bond donors (Lipinski definition) is 0. The van der Waals surface area contributed by atoms with Crippen LogP contribution in [0.25, 0.3) is 0 Å². The average Bonchev–Trinajstić information content (AvgIpc) is 1.61. The molecule has 0 aliphatic heterocycles. The summed E-state index contributed by atoms with van der Waals surface area (Å²) < 4.78 is 0. The Labute approximate surface area is 61.8 Å². The van der Waals surface area contributed by atoms with Gasteiger partial charge in [0.25, 0.3) is 0 Å². The van der Waals surface area contributed by atoms with Crippen LogP contribution in [0, 0.1) is 0 Å². The maximum atomic E-state index is 9.50. The van der Waals surface area contributed by atoms with Crippen molar-refractivity contribution in [1.29, 1.82) is 0 Å². The second-order valence-corrected chi connectivity index (χ2v) is 1.24. The SMILES string of the molecule is O=C([O-])CCC(=O)[O-].[Ni+2]. The smallest absolute Gasteiger partial charge is 0.550 e. The molecule has 0 saturated heterocycles. The van der Waals surface area contributed by atoms with Crippen molar-refractivity contribution in [2.24, 2.45) is 0 Å². The molecule has 54 valence electrons. The van der Waals surface area contributed by atoms with Gasteiger partial charge in [0, 0.05) is 11.9 Å².